The molecule has 9 heteroatoms. The van der Waals surface area contributed by atoms with Gasteiger partial charge >= 0.3 is 0 Å². The summed E-state index contributed by atoms with van der Waals surface area (Å²) in [4.78, 5) is 13.3. The van der Waals surface area contributed by atoms with Gasteiger partial charge in [0.2, 0.25) is 10.0 Å². The lowest BCUT2D eigenvalue weighted by molar-refractivity contribution is -0.132. The fraction of sp³-hybridized carbons (Fsp3) is 0.417. The summed E-state index contributed by atoms with van der Waals surface area (Å²) in [6.45, 7) is 1.27. The molecule has 0 saturated carbocycles. The van der Waals surface area contributed by atoms with Gasteiger partial charge in [-0.25, -0.2) is 13.6 Å². The summed E-state index contributed by atoms with van der Waals surface area (Å²) in [5.74, 6) is -0.00294. The molecule has 116 valence electrons. The van der Waals surface area contributed by atoms with Crippen molar-refractivity contribution in [2.75, 3.05) is 19.7 Å². The number of hydrogen-bond acceptors (Lipinski definition) is 4. The molecular weight excluding hydrogens is 339 g/mol. The van der Waals surface area contributed by atoms with Gasteiger partial charge in [-0.1, -0.05) is 23.2 Å². The Hall–Kier alpha value is -1.02. The van der Waals surface area contributed by atoms with Gasteiger partial charge in [-0.15, -0.1) is 0 Å². The molecule has 1 aromatic rings. The quantitative estimate of drug-likeness (QED) is 0.891. The third-order valence-electron chi connectivity index (χ3n) is 3.13. The molecule has 2 rings (SSSR count). The summed E-state index contributed by atoms with van der Waals surface area (Å²) in [5.41, 5.74) is 0. The average Bonchev–Trinajstić information content (AvgIpc) is 2.92. The van der Waals surface area contributed by atoms with Crippen molar-refractivity contribution in [3.05, 3.63) is 22.2 Å². The van der Waals surface area contributed by atoms with Crippen LogP contribution >= 0.6 is 23.2 Å². The van der Waals surface area contributed by atoms with Gasteiger partial charge in [-0.05, 0) is 25.0 Å². The number of ether oxygens (including phenoxy) is 1. The number of likely N-dealkylation sites (tertiary alicyclic amines) is 1. The monoisotopic (exact) mass is 352 g/mol. The fourth-order valence-electron chi connectivity index (χ4n) is 2.04. The third-order valence-corrected chi connectivity index (χ3v) is 5.06. The number of halogens is 2. The van der Waals surface area contributed by atoms with Crippen LogP contribution in [0.3, 0.4) is 0 Å². The fourth-order valence-corrected chi connectivity index (χ4v) is 3.41. The van der Waals surface area contributed by atoms with Crippen molar-refractivity contribution in [1.29, 1.82) is 0 Å². The highest BCUT2D eigenvalue weighted by Gasteiger charge is 2.21. The topological polar surface area (TPSA) is 89.7 Å². The molecule has 0 aromatic heterocycles. The van der Waals surface area contributed by atoms with Crippen molar-refractivity contribution in [3.8, 4) is 5.75 Å². The Kier molecular flexibility index (Phi) is 4.98. The Morgan fingerprint density at radius 2 is 1.86 bits per heavy atom. The Morgan fingerprint density at radius 1 is 1.24 bits per heavy atom. The minimum absolute atomic E-state index is 0.0857. The van der Waals surface area contributed by atoms with Gasteiger partial charge in [0.05, 0.1) is 5.02 Å². The SMILES string of the molecule is NS(=O)(=O)c1ccc(OCC(=O)N2CCCC2)c(Cl)c1Cl. The lowest BCUT2D eigenvalue weighted by Gasteiger charge is -2.16. The molecule has 2 N–H and O–H groups in total. The van der Waals surface area contributed by atoms with E-state index >= 15 is 0 Å². The Balaban J connectivity index is 2.11. The number of carbonyl (C=O) groups excluding carboxylic acids is 1. The van der Waals surface area contributed by atoms with Gasteiger partial charge in [0.15, 0.2) is 6.61 Å². The number of sulfonamides is 1. The molecule has 1 fully saturated rings. The van der Waals surface area contributed by atoms with Crippen molar-refractivity contribution in [2.24, 2.45) is 5.14 Å². The maximum absolute atomic E-state index is 11.9. The van der Waals surface area contributed by atoms with Crippen molar-refractivity contribution in [3.63, 3.8) is 0 Å². The van der Waals surface area contributed by atoms with Gasteiger partial charge in [-0.2, -0.15) is 0 Å². The highest BCUT2D eigenvalue weighted by molar-refractivity contribution is 7.89. The van der Waals surface area contributed by atoms with E-state index in [1.54, 1.807) is 4.90 Å². The van der Waals surface area contributed by atoms with Crippen LogP contribution in [0.25, 0.3) is 0 Å². The number of hydrogen-bond donors (Lipinski definition) is 1. The molecule has 1 saturated heterocycles. The molecule has 0 unspecified atom stereocenters. The van der Waals surface area contributed by atoms with Gasteiger partial charge in [0.25, 0.3) is 5.91 Å². The van der Waals surface area contributed by atoms with E-state index in [0.29, 0.717) is 0 Å². The van der Waals surface area contributed by atoms with E-state index in [4.69, 9.17) is 33.1 Å². The van der Waals surface area contributed by atoms with E-state index in [0.717, 1.165) is 25.9 Å². The standard InChI is InChI=1S/C12H14Cl2N2O4S/c13-11-8(3-4-9(12(11)14)21(15,18)19)20-7-10(17)16-5-1-2-6-16/h3-4H,1-2,5-7H2,(H2,15,18,19). The smallest absolute Gasteiger partial charge is 0.260 e. The van der Waals surface area contributed by atoms with Crippen LogP contribution in [-0.4, -0.2) is 38.9 Å². The number of benzene rings is 1. The summed E-state index contributed by atoms with van der Waals surface area (Å²) in [5, 5.41) is 4.71. The van der Waals surface area contributed by atoms with E-state index in [-0.39, 0.29) is 33.2 Å². The molecule has 1 heterocycles. The van der Waals surface area contributed by atoms with E-state index in [9.17, 15) is 13.2 Å². The van der Waals surface area contributed by atoms with E-state index in [1.165, 1.54) is 12.1 Å². The number of nitrogens with zero attached hydrogens (tertiary/aromatic N) is 1. The minimum atomic E-state index is -3.96. The van der Waals surface area contributed by atoms with Crippen LogP contribution < -0.4 is 9.88 Å². The lowest BCUT2D eigenvalue weighted by Crippen LogP contribution is -2.32. The number of rotatable bonds is 4. The maximum atomic E-state index is 11.9. The van der Waals surface area contributed by atoms with Gasteiger partial charge in [0.1, 0.15) is 15.7 Å². The van der Waals surface area contributed by atoms with Crippen LogP contribution in [0.5, 0.6) is 5.75 Å². The lowest BCUT2D eigenvalue weighted by atomic mass is 10.3. The zero-order chi connectivity index (χ0) is 15.6. The molecular formula is C12H14Cl2N2O4S. The summed E-state index contributed by atoms with van der Waals surface area (Å²) in [6, 6.07) is 2.52. The molecule has 1 aliphatic rings. The summed E-state index contributed by atoms with van der Waals surface area (Å²) in [6.07, 6.45) is 1.97. The van der Waals surface area contributed by atoms with E-state index in [2.05, 4.69) is 0 Å². The Morgan fingerprint density at radius 3 is 2.43 bits per heavy atom. The largest absolute Gasteiger partial charge is 0.482 e. The first kappa shape index (κ1) is 16.4. The zero-order valence-corrected chi connectivity index (χ0v) is 13.3. The molecule has 0 aliphatic carbocycles. The Labute approximate surface area is 132 Å². The van der Waals surface area contributed by atoms with Crippen LogP contribution in [-0.2, 0) is 14.8 Å². The van der Waals surface area contributed by atoms with Crippen LogP contribution in [0.2, 0.25) is 10.0 Å². The number of nitrogens with two attached hydrogens (primary N) is 1. The van der Waals surface area contributed by atoms with Gasteiger partial charge < -0.3 is 9.64 Å². The molecule has 6 nitrogen and oxygen atoms in total. The Bertz CT molecular complexity index is 657. The number of amides is 1. The second-order valence-electron chi connectivity index (χ2n) is 4.61. The molecule has 0 atom stereocenters. The molecule has 1 aliphatic heterocycles. The third kappa shape index (κ3) is 3.79. The van der Waals surface area contributed by atoms with Crippen LogP contribution in [0.1, 0.15) is 12.8 Å². The first-order valence-corrected chi connectivity index (χ1v) is 8.52. The van der Waals surface area contributed by atoms with Crippen molar-refractivity contribution >= 4 is 39.1 Å². The van der Waals surface area contributed by atoms with Crippen LogP contribution in [0.15, 0.2) is 17.0 Å². The predicted molar refractivity (Wildman–Crippen MR) is 79.1 cm³/mol. The predicted octanol–water partition coefficient (Wildman–Crippen LogP) is 1.64. The summed E-state index contributed by atoms with van der Waals surface area (Å²) in [7, 11) is -3.96. The van der Waals surface area contributed by atoms with E-state index < -0.39 is 10.0 Å². The highest BCUT2D eigenvalue weighted by atomic mass is 35.5. The van der Waals surface area contributed by atoms with Crippen LogP contribution in [0, 0.1) is 0 Å². The number of carbonyl (C=O) groups is 1. The minimum Gasteiger partial charge on any atom is -0.482 e. The average molecular weight is 353 g/mol. The molecule has 1 amide bonds. The molecule has 21 heavy (non-hydrogen) atoms. The molecule has 0 spiro atoms. The van der Waals surface area contributed by atoms with Crippen molar-refractivity contribution in [1.82, 2.24) is 4.90 Å². The zero-order valence-electron chi connectivity index (χ0n) is 11.0. The van der Waals surface area contributed by atoms with Crippen molar-refractivity contribution in [2.45, 2.75) is 17.7 Å². The number of primary sulfonamides is 1. The normalized spacial score (nSPS) is 15.3. The first-order valence-electron chi connectivity index (χ1n) is 6.22. The molecule has 1 aromatic carbocycles. The highest BCUT2D eigenvalue weighted by Crippen LogP contribution is 2.36. The van der Waals surface area contributed by atoms with Crippen molar-refractivity contribution < 1.29 is 17.9 Å². The summed E-state index contributed by atoms with van der Waals surface area (Å²) >= 11 is 11.8. The van der Waals surface area contributed by atoms with Gasteiger partial charge in [-0.3, -0.25) is 4.79 Å². The van der Waals surface area contributed by atoms with Crippen LogP contribution in [0.4, 0.5) is 0 Å². The molecule has 0 bridgehead atoms. The van der Waals surface area contributed by atoms with Gasteiger partial charge in [0, 0.05) is 13.1 Å². The maximum Gasteiger partial charge on any atom is 0.260 e. The first-order chi connectivity index (χ1) is 9.80. The molecule has 0 radical (unpaired) electrons. The summed E-state index contributed by atoms with van der Waals surface area (Å²) < 4.78 is 27.9. The second kappa shape index (κ2) is 6.39. The second-order valence-corrected chi connectivity index (χ2v) is 6.90. The van der Waals surface area contributed by atoms with E-state index in [1.807, 2.05) is 0 Å².